The predicted molar refractivity (Wildman–Crippen MR) is 38.7 cm³/mol. The van der Waals surface area contributed by atoms with Crippen LogP contribution in [0.25, 0.3) is 0 Å². The first-order valence-corrected chi connectivity index (χ1v) is 4.05. The maximum Gasteiger partial charge on any atom is 0.0874 e. The number of fused-ring (bicyclic) bond motifs is 2. The van der Waals surface area contributed by atoms with Gasteiger partial charge in [-0.05, 0) is 19.4 Å². The molecule has 2 aliphatic rings. The van der Waals surface area contributed by atoms with Crippen molar-refractivity contribution in [3.63, 3.8) is 0 Å². The second-order valence-corrected chi connectivity index (χ2v) is 3.25. The number of aliphatic hydroxyl groups is 1. The van der Waals surface area contributed by atoms with E-state index in [-0.39, 0.29) is 43.3 Å². The Morgan fingerprint density at radius 1 is 1.58 bits per heavy atom. The molecule has 0 aromatic rings. The van der Waals surface area contributed by atoms with Crippen LogP contribution in [0, 0.1) is 37.7 Å². The van der Waals surface area contributed by atoms with E-state index in [9.17, 15) is 5.11 Å². The van der Waals surface area contributed by atoms with Gasteiger partial charge in [0.15, 0.2) is 0 Å². The van der Waals surface area contributed by atoms with Gasteiger partial charge in [-0.1, -0.05) is 6.92 Å². The molecule has 0 radical (unpaired) electrons. The molecule has 0 spiro atoms. The van der Waals surface area contributed by atoms with E-state index >= 15 is 0 Å². The molecule has 0 saturated carbocycles. The van der Waals surface area contributed by atoms with Crippen LogP contribution in [0.3, 0.4) is 0 Å². The van der Waals surface area contributed by atoms with Gasteiger partial charge in [-0.25, -0.2) is 0 Å². The minimum atomic E-state index is -0.470. The van der Waals surface area contributed by atoms with Gasteiger partial charge in [0.25, 0.3) is 0 Å². The van der Waals surface area contributed by atoms with Gasteiger partial charge in [0.05, 0.1) is 17.8 Å². The molecule has 4 heteroatoms. The zero-order chi connectivity index (χ0) is 8.06. The zero-order valence-corrected chi connectivity index (χ0v) is 11.4. The molecule has 0 unspecified atom stereocenters. The fourth-order valence-electron chi connectivity index (χ4n) is 1.99. The van der Waals surface area contributed by atoms with Gasteiger partial charge in [0.2, 0.25) is 0 Å². The Morgan fingerprint density at radius 3 is 2.50 bits per heavy atom. The summed E-state index contributed by atoms with van der Waals surface area (Å²) in [6, 6.07) is 0. The first kappa shape index (κ1) is 11.0. The van der Waals surface area contributed by atoms with E-state index in [0.717, 1.165) is 6.42 Å². The second-order valence-electron chi connectivity index (χ2n) is 3.25. The largest absolute Gasteiger partial charge is 0.541 e. The van der Waals surface area contributed by atoms with E-state index in [1.165, 1.54) is 0 Å². The quantitative estimate of drug-likeness (QED) is 0.657. The van der Waals surface area contributed by atoms with E-state index in [1.807, 2.05) is 13.8 Å². The Labute approximate surface area is 96.2 Å². The van der Waals surface area contributed by atoms with Crippen LogP contribution in [0.5, 0.6) is 0 Å². The number of hydrogen-bond acceptors (Lipinski definition) is 3. The molecule has 3 nitrogen and oxygen atoms in total. The van der Waals surface area contributed by atoms with E-state index in [2.05, 4.69) is 0 Å². The summed E-state index contributed by atoms with van der Waals surface area (Å²) in [6.07, 6.45) is 0.132. The van der Waals surface area contributed by atoms with Crippen molar-refractivity contribution < 1.29 is 45.7 Å². The van der Waals surface area contributed by atoms with Crippen LogP contribution >= 0.6 is 0 Å². The molecule has 2 aliphatic heterocycles. The Hall–Kier alpha value is 0.932. The molecule has 0 amide bonds. The molecular weight excluding hydrogens is 382 g/mol. The second kappa shape index (κ2) is 3.59. The summed E-state index contributed by atoms with van der Waals surface area (Å²) in [6.45, 7) is 5.55. The molecule has 2 heterocycles. The molecule has 0 aromatic carbocycles. The molecule has 2 bridgehead atoms. The van der Waals surface area contributed by atoms with Crippen LogP contribution in [0.15, 0.2) is 0 Å². The Balaban J connectivity index is 0.000000720. The van der Waals surface area contributed by atoms with E-state index < -0.39 is 11.7 Å². The summed E-state index contributed by atoms with van der Waals surface area (Å²) in [4.78, 5) is 0. The molecule has 0 aromatic heterocycles. The summed E-state index contributed by atoms with van der Waals surface area (Å²) in [5.41, 5.74) is -0.454. The van der Waals surface area contributed by atoms with Gasteiger partial charge in [-0.2, -0.15) is 6.61 Å². The minimum Gasteiger partial charge on any atom is -0.541 e. The number of aliphatic hydroxyl groups excluding tert-OH is 1. The number of rotatable bonds is 1. The smallest absolute Gasteiger partial charge is 0.0874 e. The molecule has 68 valence electrons. The maximum absolute atomic E-state index is 9.67. The Kier molecular flexibility index (Phi) is 3.29. The van der Waals surface area contributed by atoms with Gasteiger partial charge in [0, 0.05) is 31.1 Å². The monoisotopic (exact) mass is 395 g/mol. The van der Waals surface area contributed by atoms with E-state index in [1.54, 1.807) is 6.61 Å². The molecule has 1 N–H and O–H groups in total. The van der Waals surface area contributed by atoms with Gasteiger partial charge in [-0.15, -0.1) is 0 Å². The first-order chi connectivity index (χ1) is 5.20. The standard InChI is InChI=1S/C8H13O3.U/c1-3-8-5(2)11-6(4-10-8)7(8)9;/h4-7,9H,3H2,1-2H3;/q-1;/t5-,6+,7+,8+;/m1./s1. The molecular formula is C8H13O3U-. The van der Waals surface area contributed by atoms with Gasteiger partial charge in [0.1, 0.15) is 0 Å². The number of hydrogen-bond donors (Lipinski definition) is 1. The first-order valence-electron chi connectivity index (χ1n) is 4.05. The Bertz CT molecular complexity index is 176. The number of ether oxygens (including phenoxy) is 2. The maximum atomic E-state index is 9.67. The van der Waals surface area contributed by atoms with Crippen molar-refractivity contribution >= 4 is 0 Å². The van der Waals surface area contributed by atoms with Crippen LogP contribution in [0.4, 0.5) is 0 Å². The van der Waals surface area contributed by atoms with E-state index in [0.29, 0.717) is 0 Å². The fourth-order valence-corrected chi connectivity index (χ4v) is 1.99. The zero-order valence-electron chi connectivity index (χ0n) is 7.28. The van der Waals surface area contributed by atoms with Crippen molar-refractivity contribution in [1.29, 1.82) is 0 Å². The van der Waals surface area contributed by atoms with Gasteiger partial charge >= 0.3 is 0 Å². The van der Waals surface area contributed by atoms with Gasteiger partial charge in [-0.3, -0.25) is 0 Å². The Morgan fingerprint density at radius 2 is 2.25 bits per heavy atom. The summed E-state index contributed by atoms with van der Waals surface area (Å²) in [5, 5.41) is 9.67. The van der Waals surface area contributed by atoms with Crippen LogP contribution in [0.1, 0.15) is 20.3 Å². The van der Waals surface area contributed by atoms with Crippen molar-refractivity contribution in [2.75, 3.05) is 0 Å². The third-order valence-electron chi connectivity index (χ3n) is 2.84. The van der Waals surface area contributed by atoms with Crippen molar-refractivity contribution in [1.82, 2.24) is 0 Å². The van der Waals surface area contributed by atoms with Crippen molar-refractivity contribution in [3.8, 4) is 0 Å². The van der Waals surface area contributed by atoms with Crippen LogP contribution < -0.4 is 0 Å². The summed E-state index contributed by atoms with van der Waals surface area (Å²) in [5.74, 6) is 0. The molecule has 0 aliphatic carbocycles. The molecule has 2 fully saturated rings. The summed E-state index contributed by atoms with van der Waals surface area (Å²) >= 11 is 0. The van der Waals surface area contributed by atoms with Crippen molar-refractivity contribution in [3.05, 3.63) is 6.61 Å². The molecule has 12 heavy (non-hydrogen) atoms. The van der Waals surface area contributed by atoms with Crippen LogP contribution in [-0.2, 0) is 9.47 Å². The van der Waals surface area contributed by atoms with Crippen molar-refractivity contribution in [2.45, 2.75) is 44.2 Å². The van der Waals surface area contributed by atoms with Crippen molar-refractivity contribution in [2.24, 2.45) is 0 Å². The van der Waals surface area contributed by atoms with Crippen LogP contribution in [0.2, 0.25) is 0 Å². The average molecular weight is 395 g/mol. The third kappa shape index (κ3) is 1.20. The third-order valence-corrected chi connectivity index (χ3v) is 2.84. The molecule has 4 atom stereocenters. The normalized spacial score (nSPS) is 50.8. The minimum absolute atomic E-state index is 0. The van der Waals surface area contributed by atoms with Gasteiger partial charge < -0.3 is 14.6 Å². The predicted octanol–water partition coefficient (Wildman–Crippen LogP) is 0.475. The van der Waals surface area contributed by atoms with E-state index in [4.69, 9.17) is 9.47 Å². The molecule has 2 rings (SSSR count). The SMILES string of the molecule is CC[C@]12O[CH-][C@H](O[C@@H]1C)[C@@H]2O.[U]. The fraction of sp³-hybridized carbons (Fsp3) is 0.875. The molecule has 2 saturated heterocycles. The summed E-state index contributed by atoms with van der Waals surface area (Å²) < 4.78 is 10.8. The topological polar surface area (TPSA) is 38.7 Å². The summed E-state index contributed by atoms with van der Waals surface area (Å²) in [7, 11) is 0. The van der Waals surface area contributed by atoms with Crippen LogP contribution in [-0.4, -0.2) is 29.0 Å². The average Bonchev–Trinajstić information content (AvgIpc) is 2.42.